The minimum absolute atomic E-state index is 0.0112. The van der Waals surface area contributed by atoms with Crippen LogP contribution in [0.25, 0.3) is 0 Å². The number of fused-ring (bicyclic) bond motifs is 4. The van der Waals surface area contributed by atoms with Crippen LogP contribution in [0.4, 0.5) is 0 Å². The molecule has 0 bridgehead atoms. The molecule has 130 valence electrons. The Kier molecular flexibility index (Phi) is 3.49. The van der Waals surface area contributed by atoms with Crippen molar-refractivity contribution in [1.29, 1.82) is 0 Å². The molecule has 0 radical (unpaired) electrons. The van der Waals surface area contributed by atoms with Crippen molar-refractivity contribution in [1.82, 2.24) is 4.90 Å². The second-order valence-corrected chi connectivity index (χ2v) is 14.5. The van der Waals surface area contributed by atoms with E-state index in [-0.39, 0.29) is 42.7 Å². The van der Waals surface area contributed by atoms with Gasteiger partial charge in [-0.05, 0) is 20.3 Å². The van der Waals surface area contributed by atoms with Crippen LogP contribution in [0.15, 0.2) is 0 Å². The van der Waals surface area contributed by atoms with Gasteiger partial charge in [0.2, 0.25) is 5.91 Å². The Labute approximate surface area is 138 Å². The number of ether oxygens (including phenoxy) is 4. The molecule has 4 rings (SSSR count). The summed E-state index contributed by atoms with van der Waals surface area (Å²) in [7, 11) is -1.15. The van der Waals surface area contributed by atoms with Crippen molar-refractivity contribution in [3.8, 4) is 0 Å². The van der Waals surface area contributed by atoms with E-state index >= 15 is 0 Å². The number of hydrogen-bond donors (Lipinski definition) is 0. The van der Waals surface area contributed by atoms with Crippen LogP contribution in [-0.2, 0) is 23.7 Å². The van der Waals surface area contributed by atoms with Crippen LogP contribution < -0.4 is 0 Å². The van der Waals surface area contributed by atoms with Gasteiger partial charge in [0.15, 0.2) is 12.1 Å². The SMILES string of the molecule is CC1(C)O[C@H]2O[C@@H]3CN4C(=O)[C@@H](CC[Si](C)(C)C)[C@H]4O[C@@H]3[C@H]2O1. The lowest BCUT2D eigenvalue weighted by Crippen LogP contribution is -2.69. The summed E-state index contributed by atoms with van der Waals surface area (Å²) in [5.74, 6) is -0.403. The van der Waals surface area contributed by atoms with Gasteiger partial charge in [-0.25, -0.2) is 0 Å². The highest BCUT2D eigenvalue weighted by atomic mass is 28.3. The second-order valence-electron chi connectivity index (χ2n) is 8.83. The fraction of sp³-hybridized carbons (Fsp3) is 0.938. The number of amides is 1. The van der Waals surface area contributed by atoms with E-state index in [2.05, 4.69) is 19.6 Å². The van der Waals surface area contributed by atoms with Crippen LogP contribution in [0.5, 0.6) is 0 Å². The molecule has 0 aromatic heterocycles. The lowest BCUT2D eigenvalue weighted by molar-refractivity contribution is -0.272. The van der Waals surface area contributed by atoms with Crippen LogP contribution in [0.2, 0.25) is 25.7 Å². The van der Waals surface area contributed by atoms with Gasteiger partial charge < -0.3 is 23.8 Å². The molecule has 0 aliphatic carbocycles. The van der Waals surface area contributed by atoms with Gasteiger partial charge in [-0.3, -0.25) is 4.79 Å². The van der Waals surface area contributed by atoms with E-state index in [1.54, 1.807) is 0 Å². The van der Waals surface area contributed by atoms with Gasteiger partial charge in [0.1, 0.15) is 24.5 Å². The number of nitrogens with zero attached hydrogens (tertiary/aromatic N) is 1. The maximum absolute atomic E-state index is 12.4. The van der Waals surface area contributed by atoms with Crippen molar-refractivity contribution < 1.29 is 23.7 Å². The van der Waals surface area contributed by atoms with Crippen LogP contribution in [0.1, 0.15) is 20.3 Å². The minimum Gasteiger partial charge on any atom is -0.348 e. The van der Waals surface area contributed by atoms with E-state index in [0.717, 1.165) is 12.5 Å². The van der Waals surface area contributed by atoms with Crippen molar-refractivity contribution >= 4 is 14.0 Å². The maximum Gasteiger partial charge on any atom is 0.232 e. The van der Waals surface area contributed by atoms with Gasteiger partial charge in [0.25, 0.3) is 0 Å². The Balaban J connectivity index is 1.43. The maximum atomic E-state index is 12.4. The zero-order valence-electron chi connectivity index (χ0n) is 14.6. The quantitative estimate of drug-likeness (QED) is 0.578. The van der Waals surface area contributed by atoms with E-state index in [4.69, 9.17) is 18.9 Å². The summed E-state index contributed by atoms with van der Waals surface area (Å²) < 4.78 is 23.9. The molecule has 4 aliphatic rings. The Morgan fingerprint density at radius 3 is 2.61 bits per heavy atom. The number of rotatable bonds is 3. The number of β-lactam (4-membered cyclic amide) rings is 1. The van der Waals surface area contributed by atoms with Crippen LogP contribution in [0, 0.1) is 5.92 Å². The first kappa shape index (κ1) is 16.0. The largest absolute Gasteiger partial charge is 0.348 e. The molecule has 0 spiro atoms. The summed E-state index contributed by atoms with van der Waals surface area (Å²) in [6, 6.07) is 1.15. The van der Waals surface area contributed by atoms with Crippen molar-refractivity contribution in [2.75, 3.05) is 6.54 Å². The normalized spacial score (nSPS) is 44.6. The van der Waals surface area contributed by atoms with Gasteiger partial charge in [-0.2, -0.15) is 0 Å². The average Bonchev–Trinajstić information content (AvgIpc) is 2.87. The molecular weight excluding hydrogens is 314 g/mol. The molecule has 6 nitrogen and oxygen atoms in total. The Bertz CT molecular complexity index is 519. The van der Waals surface area contributed by atoms with E-state index in [1.165, 1.54) is 0 Å². The molecule has 4 heterocycles. The van der Waals surface area contributed by atoms with E-state index in [9.17, 15) is 4.79 Å². The highest BCUT2D eigenvalue weighted by Gasteiger charge is 2.62. The molecule has 0 aromatic carbocycles. The van der Waals surface area contributed by atoms with Gasteiger partial charge in [0, 0.05) is 8.07 Å². The molecule has 23 heavy (non-hydrogen) atoms. The molecule has 0 N–H and O–H groups in total. The van der Waals surface area contributed by atoms with Gasteiger partial charge in [-0.15, -0.1) is 0 Å². The summed E-state index contributed by atoms with van der Waals surface area (Å²) >= 11 is 0. The third kappa shape index (κ3) is 2.66. The van der Waals surface area contributed by atoms with Gasteiger partial charge in [0.05, 0.1) is 12.5 Å². The first-order chi connectivity index (χ1) is 10.6. The van der Waals surface area contributed by atoms with Crippen molar-refractivity contribution in [3.63, 3.8) is 0 Å². The predicted molar refractivity (Wildman–Crippen MR) is 85.3 cm³/mol. The summed E-state index contributed by atoms with van der Waals surface area (Å²) in [6.45, 7) is 11.4. The van der Waals surface area contributed by atoms with E-state index in [0.29, 0.717) is 6.54 Å². The zero-order valence-corrected chi connectivity index (χ0v) is 15.6. The fourth-order valence-electron chi connectivity index (χ4n) is 4.03. The van der Waals surface area contributed by atoms with Gasteiger partial charge in [-0.1, -0.05) is 25.7 Å². The number of carbonyl (C=O) groups excluding carboxylic acids is 1. The average molecular weight is 341 g/mol. The number of hydrogen-bond acceptors (Lipinski definition) is 5. The molecule has 4 fully saturated rings. The molecule has 4 saturated heterocycles. The summed E-state index contributed by atoms with van der Waals surface area (Å²) in [5.41, 5.74) is 0. The summed E-state index contributed by atoms with van der Waals surface area (Å²) in [6.07, 6.45) is -0.00972. The van der Waals surface area contributed by atoms with Crippen LogP contribution >= 0.6 is 0 Å². The molecule has 7 heteroatoms. The van der Waals surface area contributed by atoms with Crippen molar-refractivity contribution in [2.45, 2.75) is 82.6 Å². The third-order valence-corrected chi connectivity index (χ3v) is 7.01. The molecule has 0 unspecified atom stereocenters. The Morgan fingerprint density at radius 1 is 1.17 bits per heavy atom. The predicted octanol–water partition coefficient (Wildman–Crippen LogP) is 1.77. The summed E-state index contributed by atoms with van der Waals surface area (Å²) in [4.78, 5) is 14.2. The number of carbonyl (C=O) groups is 1. The first-order valence-corrected chi connectivity index (χ1v) is 12.3. The standard InChI is InChI=1S/C16H27NO5Si/c1-16(2)21-12-11-10(19-15(12)22-16)8-17-13(18)9(14(17)20-11)6-7-23(3,4)5/h9-12,14-15H,6-8H2,1-5H3/t9-,10-,11+,12-,14-,15-/m1/s1. The molecule has 1 amide bonds. The molecule has 0 saturated carbocycles. The van der Waals surface area contributed by atoms with E-state index < -0.39 is 13.9 Å². The third-order valence-electron chi connectivity index (χ3n) is 5.22. The van der Waals surface area contributed by atoms with E-state index in [1.807, 2.05) is 18.7 Å². The molecule has 6 atom stereocenters. The van der Waals surface area contributed by atoms with Crippen molar-refractivity contribution in [3.05, 3.63) is 0 Å². The highest BCUT2D eigenvalue weighted by Crippen LogP contribution is 2.45. The topological polar surface area (TPSA) is 57.2 Å². The smallest absolute Gasteiger partial charge is 0.232 e. The minimum atomic E-state index is -1.15. The monoisotopic (exact) mass is 341 g/mol. The van der Waals surface area contributed by atoms with Gasteiger partial charge >= 0.3 is 0 Å². The molecule has 0 aromatic rings. The zero-order chi connectivity index (χ0) is 16.6. The highest BCUT2D eigenvalue weighted by molar-refractivity contribution is 6.76. The Hall–Kier alpha value is -0.473. The second kappa shape index (κ2) is 5.02. The lowest BCUT2D eigenvalue weighted by atomic mass is 9.89. The van der Waals surface area contributed by atoms with Crippen LogP contribution in [-0.4, -0.2) is 62.0 Å². The summed E-state index contributed by atoms with van der Waals surface area (Å²) in [5, 5.41) is 0. The van der Waals surface area contributed by atoms with Crippen molar-refractivity contribution in [2.24, 2.45) is 5.92 Å². The molecule has 4 aliphatic heterocycles. The molecular formula is C16H27NO5Si. The Morgan fingerprint density at radius 2 is 1.91 bits per heavy atom. The fourth-order valence-corrected chi connectivity index (χ4v) is 5.20. The first-order valence-electron chi connectivity index (χ1n) is 8.62. The van der Waals surface area contributed by atoms with Crippen LogP contribution in [0.3, 0.4) is 0 Å². The lowest BCUT2D eigenvalue weighted by Gasteiger charge is -2.53.